The van der Waals surface area contributed by atoms with Crippen LogP contribution < -0.4 is 10.2 Å². The third kappa shape index (κ3) is 5.47. The maximum atomic E-state index is 13.4. The molecule has 2 amide bonds. The lowest BCUT2D eigenvalue weighted by Crippen LogP contribution is -2.38. The van der Waals surface area contributed by atoms with E-state index in [9.17, 15) is 14.0 Å². The van der Waals surface area contributed by atoms with Crippen molar-refractivity contribution in [1.29, 1.82) is 0 Å². The van der Waals surface area contributed by atoms with Crippen molar-refractivity contribution in [1.82, 2.24) is 4.90 Å². The average molecular weight is 438 g/mol. The molecule has 0 radical (unpaired) electrons. The minimum absolute atomic E-state index is 0.0490. The summed E-state index contributed by atoms with van der Waals surface area (Å²) in [5.41, 5.74) is 2.99. The standard InChI is InChI=1S/C26H32FN3O2/c1-19-11-15-29(16-12-19)24-10-9-22(18-23(24)26(32)30-13-3-2-4-14-30)28-25(31)17-20-5-7-21(27)8-6-20/h5-10,18-19H,2-4,11-17H2,1H3,(H,28,31). The van der Waals surface area contributed by atoms with Crippen molar-refractivity contribution in [3.63, 3.8) is 0 Å². The molecule has 0 aliphatic carbocycles. The van der Waals surface area contributed by atoms with Gasteiger partial charge in [-0.2, -0.15) is 0 Å². The molecule has 2 saturated heterocycles. The van der Waals surface area contributed by atoms with E-state index in [4.69, 9.17) is 0 Å². The summed E-state index contributed by atoms with van der Waals surface area (Å²) in [4.78, 5) is 30.3. The summed E-state index contributed by atoms with van der Waals surface area (Å²) < 4.78 is 13.1. The molecule has 0 spiro atoms. The Kier molecular flexibility index (Phi) is 7.08. The molecule has 2 heterocycles. The number of hydrogen-bond acceptors (Lipinski definition) is 3. The third-order valence-electron chi connectivity index (χ3n) is 6.56. The van der Waals surface area contributed by atoms with Crippen LogP contribution >= 0.6 is 0 Å². The van der Waals surface area contributed by atoms with Gasteiger partial charge in [0, 0.05) is 37.6 Å². The summed E-state index contributed by atoms with van der Waals surface area (Å²) in [5.74, 6) is 0.246. The second kappa shape index (κ2) is 10.2. The minimum atomic E-state index is -0.322. The van der Waals surface area contributed by atoms with E-state index in [1.165, 1.54) is 18.6 Å². The number of likely N-dealkylation sites (tertiary alicyclic amines) is 1. The van der Waals surface area contributed by atoms with E-state index in [1.807, 2.05) is 23.1 Å². The van der Waals surface area contributed by atoms with Crippen molar-refractivity contribution in [2.75, 3.05) is 36.4 Å². The summed E-state index contributed by atoms with van der Waals surface area (Å²) in [6.07, 6.45) is 5.63. The van der Waals surface area contributed by atoms with Crippen LogP contribution in [-0.4, -0.2) is 42.9 Å². The second-order valence-corrected chi connectivity index (χ2v) is 9.11. The smallest absolute Gasteiger partial charge is 0.256 e. The van der Waals surface area contributed by atoms with E-state index in [-0.39, 0.29) is 24.1 Å². The minimum Gasteiger partial charge on any atom is -0.371 e. The maximum absolute atomic E-state index is 13.4. The number of hydrogen-bond donors (Lipinski definition) is 1. The topological polar surface area (TPSA) is 52.7 Å². The molecular weight excluding hydrogens is 405 g/mol. The Morgan fingerprint density at radius 1 is 0.969 bits per heavy atom. The Morgan fingerprint density at radius 2 is 1.66 bits per heavy atom. The first kappa shape index (κ1) is 22.3. The first-order chi connectivity index (χ1) is 15.5. The van der Waals surface area contributed by atoms with Gasteiger partial charge >= 0.3 is 0 Å². The van der Waals surface area contributed by atoms with Gasteiger partial charge in [-0.05, 0) is 73.9 Å². The number of benzene rings is 2. The molecule has 2 fully saturated rings. The number of amides is 2. The number of nitrogens with zero attached hydrogens (tertiary/aromatic N) is 2. The predicted octanol–water partition coefficient (Wildman–Crippen LogP) is 4.87. The Balaban J connectivity index is 1.54. The van der Waals surface area contributed by atoms with Crippen LogP contribution in [-0.2, 0) is 11.2 Å². The molecule has 2 aliphatic heterocycles. The first-order valence-corrected chi connectivity index (χ1v) is 11.7. The molecule has 0 bridgehead atoms. The largest absolute Gasteiger partial charge is 0.371 e. The van der Waals surface area contributed by atoms with Crippen LogP contribution in [0.2, 0.25) is 0 Å². The van der Waals surface area contributed by atoms with E-state index < -0.39 is 0 Å². The molecule has 0 aromatic heterocycles. The average Bonchev–Trinajstić information content (AvgIpc) is 2.81. The fourth-order valence-corrected chi connectivity index (χ4v) is 4.57. The highest BCUT2D eigenvalue weighted by molar-refractivity contribution is 6.02. The number of carbonyl (C=O) groups is 2. The highest BCUT2D eigenvalue weighted by Gasteiger charge is 2.25. The summed E-state index contributed by atoms with van der Waals surface area (Å²) in [7, 11) is 0. The van der Waals surface area contributed by atoms with Crippen molar-refractivity contribution in [2.24, 2.45) is 5.92 Å². The lowest BCUT2D eigenvalue weighted by Gasteiger charge is -2.35. The SMILES string of the molecule is CC1CCN(c2ccc(NC(=O)Cc3ccc(F)cc3)cc2C(=O)N2CCCCC2)CC1. The van der Waals surface area contributed by atoms with Gasteiger partial charge in [0.1, 0.15) is 5.82 Å². The fraction of sp³-hybridized carbons (Fsp3) is 0.462. The zero-order valence-electron chi connectivity index (χ0n) is 18.8. The highest BCUT2D eigenvalue weighted by Crippen LogP contribution is 2.30. The predicted molar refractivity (Wildman–Crippen MR) is 126 cm³/mol. The Labute approximate surface area is 189 Å². The van der Waals surface area contributed by atoms with Gasteiger partial charge in [-0.15, -0.1) is 0 Å². The Morgan fingerprint density at radius 3 is 2.34 bits per heavy atom. The highest BCUT2D eigenvalue weighted by atomic mass is 19.1. The summed E-state index contributed by atoms with van der Waals surface area (Å²) in [5, 5.41) is 2.92. The van der Waals surface area contributed by atoms with Crippen LogP contribution in [0.15, 0.2) is 42.5 Å². The molecule has 0 unspecified atom stereocenters. The van der Waals surface area contributed by atoms with Crippen LogP contribution in [0.5, 0.6) is 0 Å². The van der Waals surface area contributed by atoms with E-state index in [1.54, 1.807) is 12.1 Å². The van der Waals surface area contributed by atoms with Crippen molar-refractivity contribution < 1.29 is 14.0 Å². The van der Waals surface area contributed by atoms with Crippen LogP contribution in [0.4, 0.5) is 15.8 Å². The van der Waals surface area contributed by atoms with Crippen molar-refractivity contribution in [3.05, 3.63) is 59.4 Å². The zero-order valence-corrected chi connectivity index (χ0v) is 18.8. The van der Waals surface area contributed by atoms with Gasteiger partial charge in [-0.25, -0.2) is 4.39 Å². The van der Waals surface area contributed by atoms with Gasteiger partial charge in [-0.3, -0.25) is 9.59 Å². The summed E-state index contributed by atoms with van der Waals surface area (Å²) in [6, 6.07) is 11.6. The molecule has 4 rings (SSSR count). The monoisotopic (exact) mass is 437 g/mol. The van der Waals surface area contributed by atoms with Crippen LogP contribution in [0.3, 0.4) is 0 Å². The van der Waals surface area contributed by atoms with Gasteiger partial charge in [0.25, 0.3) is 5.91 Å². The van der Waals surface area contributed by atoms with Crippen molar-refractivity contribution in [3.8, 4) is 0 Å². The number of carbonyl (C=O) groups excluding carboxylic acids is 2. The quantitative estimate of drug-likeness (QED) is 0.726. The summed E-state index contributed by atoms with van der Waals surface area (Å²) in [6.45, 7) is 5.74. The molecular formula is C26H32FN3O2. The number of piperidine rings is 2. The molecule has 2 aromatic carbocycles. The molecule has 6 heteroatoms. The molecule has 32 heavy (non-hydrogen) atoms. The molecule has 170 valence electrons. The fourth-order valence-electron chi connectivity index (χ4n) is 4.57. The Bertz CT molecular complexity index is 946. The number of nitrogens with one attached hydrogen (secondary N) is 1. The van der Waals surface area contributed by atoms with Gasteiger partial charge < -0.3 is 15.1 Å². The van der Waals surface area contributed by atoms with Gasteiger partial charge in [0.05, 0.1) is 12.0 Å². The van der Waals surface area contributed by atoms with E-state index in [2.05, 4.69) is 17.1 Å². The van der Waals surface area contributed by atoms with Crippen LogP contribution in [0.25, 0.3) is 0 Å². The van der Waals surface area contributed by atoms with Gasteiger partial charge in [0.2, 0.25) is 5.91 Å². The number of rotatable bonds is 5. The summed E-state index contributed by atoms with van der Waals surface area (Å²) >= 11 is 0. The molecule has 0 atom stereocenters. The van der Waals surface area contributed by atoms with Gasteiger partial charge in [0.15, 0.2) is 0 Å². The Hall–Kier alpha value is -2.89. The normalized spacial score (nSPS) is 17.3. The zero-order chi connectivity index (χ0) is 22.5. The molecule has 2 aliphatic rings. The van der Waals surface area contributed by atoms with E-state index >= 15 is 0 Å². The maximum Gasteiger partial charge on any atom is 0.256 e. The molecule has 5 nitrogen and oxygen atoms in total. The molecule has 2 aromatic rings. The van der Waals surface area contributed by atoms with Crippen LogP contribution in [0, 0.1) is 11.7 Å². The lowest BCUT2D eigenvalue weighted by molar-refractivity contribution is -0.115. The van der Waals surface area contributed by atoms with Crippen molar-refractivity contribution >= 4 is 23.2 Å². The van der Waals surface area contributed by atoms with Crippen LogP contribution in [0.1, 0.15) is 54.9 Å². The lowest BCUT2D eigenvalue weighted by atomic mass is 9.97. The molecule has 1 N–H and O–H groups in total. The van der Waals surface area contributed by atoms with E-state index in [0.29, 0.717) is 17.2 Å². The molecule has 0 saturated carbocycles. The van der Waals surface area contributed by atoms with Gasteiger partial charge in [-0.1, -0.05) is 19.1 Å². The first-order valence-electron chi connectivity index (χ1n) is 11.7. The van der Waals surface area contributed by atoms with E-state index in [0.717, 1.165) is 63.1 Å². The number of anilines is 2. The van der Waals surface area contributed by atoms with Crippen molar-refractivity contribution in [2.45, 2.75) is 45.4 Å². The third-order valence-corrected chi connectivity index (χ3v) is 6.56. The second-order valence-electron chi connectivity index (χ2n) is 9.11. The number of halogens is 1.